The number of aryl methyl sites for hydroxylation is 1. The lowest BCUT2D eigenvalue weighted by molar-refractivity contribution is 0.0630. The van der Waals surface area contributed by atoms with E-state index in [1.165, 1.54) is 5.56 Å². The number of aromatic nitrogens is 4. The zero-order valence-electron chi connectivity index (χ0n) is 16.4. The molecule has 1 aromatic carbocycles. The largest absolute Gasteiger partial charge is 0.336 e. The van der Waals surface area contributed by atoms with Gasteiger partial charge in [-0.1, -0.05) is 35.5 Å². The molecule has 1 aliphatic heterocycles. The van der Waals surface area contributed by atoms with Crippen LogP contribution in [0.2, 0.25) is 0 Å². The van der Waals surface area contributed by atoms with Gasteiger partial charge in [0.15, 0.2) is 11.5 Å². The number of hydrogen-bond acceptors (Lipinski definition) is 5. The Morgan fingerprint density at radius 2 is 1.93 bits per heavy atom. The summed E-state index contributed by atoms with van der Waals surface area (Å²) in [6.45, 7) is 3.62. The van der Waals surface area contributed by atoms with Crippen LogP contribution in [0.25, 0.3) is 0 Å². The van der Waals surface area contributed by atoms with Crippen molar-refractivity contribution in [3.05, 3.63) is 77.4 Å². The highest BCUT2D eigenvalue weighted by molar-refractivity contribution is 5.97. The highest BCUT2D eigenvalue weighted by atomic mass is 16.2. The van der Waals surface area contributed by atoms with E-state index in [0.29, 0.717) is 31.0 Å². The van der Waals surface area contributed by atoms with Crippen LogP contribution in [0.15, 0.2) is 54.9 Å². The lowest BCUT2D eigenvalue weighted by atomic mass is 9.92. The smallest absolute Gasteiger partial charge is 0.276 e. The van der Waals surface area contributed by atoms with Crippen molar-refractivity contribution in [2.24, 2.45) is 5.92 Å². The van der Waals surface area contributed by atoms with Crippen molar-refractivity contribution in [1.29, 1.82) is 0 Å². The average Bonchev–Trinajstić information content (AvgIpc) is 3.23. The summed E-state index contributed by atoms with van der Waals surface area (Å²) in [7, 11) is 0. The molecule has 0 bridgehead atoms. The molecule has 7 nitrogen and oxygen atoms in total. The lowest BCUT2D eigenvalue weighted by Gasteiger charge is -2.31. The fourth-order valence-electron chi connectivity index (χ4n) is 3.69. The highest BCUT2D eigenvalue weighted by Gasteiger charge is 2.31. The monoisotopic (exact) mass is 389 g/mol. The van der Waals surface area contributed by atoms with E-state index in [1.807, 2.05) is 31.2 Å². The van der Waals surface area contributed by atoms with E-state index in [9.17, 15) is 9.59 Å². The van der Waals surface area contributed by atoms with Crippen molar-refractivity contribution in [3.63, 3.8) is 0 Å². The van der Waals surface area contributed by atoms with Crippen molar-refractivity contribution in [2.45, 2.75) is 26.3 Å². The number of ketones is 1. The van der Waals surface area contributed by atoms with Gasteiger partial charge in [0.1, 0.15) is 5.69 Å². The Bertz CT molecular complexity index is 1010. The van der Waals surface area contributed by atoms with E-state index in [2.05, 4.69) is 15.3 Å². The summed E-state index contributed by atoms with van der Waals surface area (Å²) < 4.78 is 1.68. The number of likely N-dealkylation sites (tertiary alicyclic amines) is 1. The van der Waals surface area contributed by atoms with Gasteiger partial charge in [0.25, 0.3) is 5.91 Å². The van der Waals surface area contributed by atoms with Crippen LogP contribution in [0.5, 0.6) is 0 Å². The second-order valence-electron chi connectivity index (χ2n) is 7.40. The van der Waals surface area contributed by atoms with Crippen molar-refractivity contribution < 1.29 is 9.59 Å². The number of hydrogen-bond donors (Lipinski definition) is 0. The molecule has 1 fully saturated rings. The summed E-state index contributed by atoms with van der Waals surface area (Å²) in [6, 6.07) is 13.4. The van der Waals surface area contributed by atoms with Gasteiger partial charge >= 0.3 is 0 Å². The van der Waals surface area contributed by atoms with Gasteiger partial charge in [0.05, 0.1) is 12.7 Å². The molecule has 1 saturated heterocycles. The molecule has 29 heavy (non-hydrogen) atoms. The Kier molecular flexibility index (Phi) is 5.46. The van der Waals surface area contributed by atoms with Crippen molar-refractivity contribution >= 4 is 11.7 Å². The zero-order valence-corrected chi connectivity index (χ0v) is 16.4. The number of pyridine rings is 1. The van der Waals surface area contributed by atoms with E-state index in [0.717, 1.165) is 18.4 Å². The molecule has 1 atom stereocenters. The van der Waals surface area contributed by atoms with Crippen LogP contribution in [0.1, 0.15) is 44.9 Å². The van der Waals surface area contributed by atoms with Gasteiger partial charge in [0.2, 0.25) is 0 Å². The van der Waals surface area contributed by atoms with Gasteiger partial charge in [-0.2, -0.15) is 0 Å². The predicted molar refractivity (Wildman–Crippen MR) is 107 cm³/mol. The maximum atomic E-state index is 12.9. The molecule has 2 aromatic heterocycles. The third-order valence-corrected chi connectivity index (χ3v) is 5.35. The Morgan fingerprint density at radius 3 is 2.72 bits per heavy atom. The first-order valence-corrected chi connectivity index (χ1v) is 9.81. The molecule has 0 aliphatic carbocycles. The molecule has 148 valence electrons. The topological polar surface area (TPSA) is 81.0 Å². The quantitative estimate of drug-likeness (QED) is 0.627. The maximum absolute atomic E-state index is 12.9. The minimum absolute atomic E-state index is 0.00805. The molecule has 4 rings (SSSR count). The normalized spacial score (nSPS) is 16.6. The number of Topliss-reactive ketones (excluding diaryl/α,β-unsaturated/α-hetero) is 1. The Labute approximate surface area is 169 Å². The van der Waals surface area contributed by atoms with Crippen LogP contribution in [-0.2, 0) is 6.54 Å². The van der Waals surface area contributed by atoms with Gasteiger partial charge in [-0.05, 0) is 43.0 Å². The number of piperidine rings is 1. The Hall–Kier alpha value is -3.35. The Balaban J connectivity index is 1.43. The first-order chi connectivity index (χ1) is 14.1. The summed E-state index contributed by atoms with van der Waals surface area (Å²) in [4.78, 5) is 31.5. The van der Waals surface area contributed by atoms with Gasteiger partial charge < -0.3 is 4.90 Å². The predicted octanol–water partition coefficient (Wildman–Crippen LogP) is 2.76. The van der Waals surface area contributed by atoms with Crippen molar-refractivity contribution in [1.82, 2.24) is 24.9 Å². The van der Waals surface area contributed by atoms with Crippen LogP contribution in [-0.4, -0.2) is 49.7 Å². The molecule has 3 heterocycles. The van der Waals surface area contributed by atoms with Crippen molar-refractivity contribution in [3.8, 4) is 0 Å². The zero-order chi connectivity index (χ0) is 20.2. The van der Waals surface area contributed by atoms with E-state index < -0.39 is 0 Å². The SMILES string of the molecule is Cc1ccccc1Cn1cc(C(=O)N2CCC[C@H](C(=O)c3ccccn3)C2)nn1. The number of carbonyl (C=O) groups is 2. The fourth-order valence-corrected chi connectivity index (χ4v) is 3.69. The van der Waals surface area contributed by atoms with Crippen LogP contribution in [0, 0.1) is 12.8 Å². The van der Waals surface area contributed by atoms with Gasteiger partial charge in [-0.15, -0.1) is 5.10 Å². The van der Waals surface area contributed by atoms with Crippen LogP contribution >= 0.6 is 0 Å². The molecule has 7 heteroatoms. The van der Waals surface area contributed by atoms with Crippen LogP contribution in [0.3, 0.4) is 0 Å². The van der Waals surface area contributed by atoms with Gasteiger partial charge in [0, 0.05) is 25.2 Å². The molecule has 0 saturated carbocycles. The minimum atomic E-state index is -0.232. The number of amides is 1. The summed E-state index contributed by atoms with van der Waals surface area (Å²) in [5.41, 5.74) is 3.07. The van der Waals surface area contributed by atoms with Crippen LogP contribution in [0.4, 0.5) is 0 Å². The van der Waals surface area contributed by atoms with Crippen LogP contribution < -0.4 is 0 Å². The average molecular weight is 389 g/mol. The summed E-state index contributed by atoms with van der Waals surface area (Å²) in [5, 5.41) is 8.18. The standard InChI is InChI=1S/C22H23N5O2/c1-16-7-2-3-8-17(16)14-27-15-20(24-25-27)22(29)26-12-6-9-18(13-26)21(28)19-10-4-5-11-23-19/h2-5,7-8,10-11,15,18H,6,9,12-14H2,1H3/t18-/m0/s1. The molecule has 1 aliphatic rings. The van der Waals surface area contributed by atoms with E-state index in [1.54, 1.807) is 40.2 Å². The molecule has 0 spiro atoms. The number of benzene rings is 1. The first kappa shape index (κ1) is 19.0. The molecule has 0 N–H and O–H groups in total. The molecule has 0 radical (unpaired) electrons. The summed E-state index contributed by atoms with van der Waals surface area (Å²) >= 11 is 0. The first-order valence-electron chi connectivity index (χ1n) is 9.81. The minimum Gasteiger partial charge on any atom is -0.336 e. The number of rotatable bonds is 5. The molecule has 1 amide bonds. The lowest BCUT2D eigenvalue weighted by Crippen LogP contribution is -2.42. The molecule has 0 unspecified atom stereocenters. The summed E-state index contributed by atoms with van der Waals surface area (Å²) in [5.74, 6) is -0.421. The second-order valence-corrected chi connectivity index (χ2v) is 7.40. The summed E-state index contributed by atoms with van der Waals surface area (Å²) in [6.07, 6.45) is 4.84. The van der Waals surface area contributed by atoms with E-state index in [4.69, 9.17) is 0 Å². The third-order valence-electron chi connectivity index (χ3n) is 5.35. The maximum Gasteiger partial charge on any atom is 0.276 e. The Morgan fingerprint density at radius 1 is 1.10 bits per heavy atom. The third kappa shape index (κ3) is 4.23. The van der Waals surface area contributed by atoms with E-state index in [-0.39, 0.29) is 17.6 Å². The van der Waals surface area contributed by atoms with Gasteiger partial charge in [-0.3, -0.25) is 14.6 Å². The second kappa shape index (κ2) is 8.34. The van der Waals surface area contributed by atoms with Gasteiger partial charge in [-0.25, -0.2) is 4.68 Å². The number of carbonyl (C=O) groups excluding carboxylic acids is 2. The molecular formula is C22H23N5O2. The highest BCUT2D eigenvalue weighted by Crippen LogP contribution is 2.21. The van der Waals surface area contributed by atoms with Crippen molar-refractivity contribution in [2.75, 3.05) is 13.1 Å². The number of nitrogens with zero attached hydrogens (tertiary/aromatic N) is 5. The fraction of sp³-hybridized carbons (Fsp3) is 0.318. The van der Waals surface area contributed by atoms with E-state index >= 15 is 0 Å². The molecular weight excluding hydrogens is 366 g/mol. The molecule has 3 aromatic rings.